The molecule has 3 aromatic rings. The summed E-state index contributed by atoms with van der Waals surface area (Å²) in [4.78, 5) is 40.9. The van der Waals surface area contributed by atoms with Gasteiger partial charge in [0.05, 0.1) is 16.3 Å². The first-order chi connectivity index (χ1) is 20.6. The molecule has 2 aliphatic heterocycles. The maximum absolute atomic E-state index is 14.4. The van der Waals surface area contributed by atoms with Crippen LogP contribution in [0.1, 0.15) is 53.7 Å². The Morgan fingerprint density at radius 3 is 2.58 bits per heavy atom. The van der Waals surface area contributed by atoms with E-state index in [1.54, 1.807) is 11.0 Å². The summed E-state index contributed by atoms with van der Waals surface area (Å²) in [7, 11) is 3.85. The normalized spacial score (nSPS) is 20.8. The van der Waals surface area contributed by atoms with E-state index >= 15 is 0 Å². The van der Waals surface area contributed by atoms with Gasteiger partial charge in [0.15, 0.2) is 0 Å². The van der Waals surface area contributed by atoms with Crippen molar-refractivity contribution in [3.8, 4) is 0 Å². The summed E-state index contributed by atoms with van der Waals surface area (Å²) in [6, 6.07) is 11.4. The molecule has 0 atom stereocenters. The summed E-state index contributed by atoms with van der Waals surface area (Å²) in [6.07, 6.45) is 0.882. The highest BCUT2D eigenvalue weighted by Gasteiger charge is 2.58. The fraction of sp³-hybridized carbons (Fsp3) is 0.419. The summed E-state index contributed by atoms with van der Waals surface area (Å²) in [5.74, 6) is 0.705. The highest BCUT2D eigenvalue weighted by atomic mass is 35.5. The van der Waals surface area contributed by atoms with Crippen molar-refractivity contribution in [3.63, 3.8) is 0 Å². The van der Waals surface area contributed by atoms with Gasteiger partial charge in [-0.1, -0.05) is 23.7 Å². The van der Waals surface area contributed by atoms with Crippen LogP contribution in [-0.2, 0) is 10.2 Å². The molecule has 4 heterocycles. The lowest BCUT2D eigenvalue weighted by atomic mass is 9.74. The number of pyridine rings is 2. The molecule has 43 heavy (non-hydrogen) atoms. The Morgan fingerprint density at radius 1 is 1.14 bits per heavy atom. The van der Waals surface area contributed by atoms with Gasteiger partial charge in [-0.2, -0.15) is 0 Å². The van der Waals surface area contributed by atoms with Gasteiger partial charge in [0.25, 0.3) is 12.3 Å². The minimum Gasteiger partial charge on any atom is -0.363 e. The average molecular weight is 613 g/mol. The summed E-state index contributed by atoms with van der Waals surface area (Å²) >= 11 is 5.91. The van der Waals surface area contributed by atoms with Crippen LogP contribution in [0, 0.1) is 11.7 Å². The van der Waals surface area contributed by atoms with Crippen LogP contribution in [0.25, 0.3) is 0 Å². The number of anilines is 3. The van der Waals surface area contributed by atoms with Crippen molar-refractivity contribution in [2.75, 3.05) is 48.4 Å². The Morgan fingerprint density at radius 2 is 1.88 bits per heavy atom. The van der Waals surface area contributed by atoms with Crippen molar-refractivity contribution >= 4 is 40.7 Å². The number of fused-ring (bicyclic) bond motifs is 2. The summed E-state index contributed by atoms with van der Waals surface area (Å²) in [5.41, 5.74) is -0.127. The first-order valence-corrected chi connectivity index (χ1v) is 14.7. The number of nitrogens with zero attached hydrogens (tertiary/aromatic N) is 5. The Labute approximate surface area is 252 Å². The molecule has 12 heteroatoms. The number of amides is 2. The molecule has 6 rings (SSSR count). The van der Waals surface area contributed by atoms with Crippen LogP contribution in [0.3, 0.4) is 0 Å². The highest BCUT2D eigenvalue weighted by molar-refractivity contribution is 6.30. The fourth-order valence-electron chi connectivity index (χ4n) is 6.52. The van der Waals surface area contributed by atoms with Crippen LogP contribution in [0.2, 0.25) is 5.02 Å². The highest BCUT2D eigenvalue weighted by Crippen LogP contribution is 2.49. The average Bonchev–Trinajstić information content (AvgIpc) is 3.19. The lowest BCUT2D eigenvalue weighted by Gasteiger charge is -2.47. The second-order valence-electron chi connectivity index (χ2n) is 11.8. The summed E-state index contributed by atoms with van der Waals surface area (Å²) in [6.45, 7) is 1.37. The van der Waals surface area contributed by atoms with Crippen molar-refractivity contribution in [2.45, 2.75) is 43.6 Å². The molecule has 226 valence electrons. The van der Waals surface area contributed by atoms with E-state index in [2.05, 4.69) is 15.2 Å². The number of alkyl halides is 2. The van der Waals surface area contributed by atoms with Gasteiger partial charge in [0.2, 0.25) is 5.91 Å². The molecule has 2 amide bonds. The van der Waals surface area contributed by atoms with Crippen molar-refractivity contribution in [3.05, 3.63) is 76.3 Å². The van der Waals surface area contributed by atoms with Crippen LogP contribution in [-0.4, -0.2) is 61.6 Å². The fourth-order valence-corrected chi connectivity index (χ4v) is 6.68. The Balaban J connectivity index is 1.12. The van der Waals surface area contributed by atoms with Gasteiger partial charge in [0, 0.05) is 46.0 Å². The molecule has 3 aliphatic rings. The molecule has 1 aliphatic carbocycles. The van der Waals surface area contributed by atoms with E-state index in [4.69, 9.17) is 16.6 Å². The Kier molecular flexibility index (Phi) is 7.70. The number of benzene rings is 1. The lowest BCUT2D eigenvalue weighted by Crippen LogP contribution is -2.64. The quantitative estimate of drug-likeness (QED) is 0.387. The van der Waals surface area contributed by atoms with E-state index in [0.717, 1.165) is 36.2 Å². The standard InChI is InChI=1S/C31H32ClF3N6O2/c1-39(2)25-4-3-5-26(38-25)40-16-31(17-40)23-11-8-20(33)13-24(23)41(30(31)43)15-18-6-9-21(10-7-18)37-29(42)22-12-19(32)14-36-27(22)28(34)35/h3-5,8,11-14,18,21,28H,6-7,9-10,15-17H2,1-2H3,(H,37,42). The van der Waals surface area contributed by atoms with Crippen LogP contribution in [0.4, 0.5) is 30.5 Å². The first kappa shape index (κ1) is 29.2. The topological polar surface area (TPSA) is 81.7 Å². The molecule has 1 N–H and O–H groups in total. The number of halogens is 4. The van der Waals surface area contributed by atoms with Crippen LogP contribution < -0.4 is 20.0 Å². The Bertz CT molecular complexity index is 1560. The maximum Gasteiger partial charge on any atom is 0.281 e. The number of rotatable bonds is 7. The predicted molar refractivity (Wildman–Crippen MR) is 159 cm³/mol. The van der Waals surface area contributed by atoms with E-state index in [9.17, 15) is 22.8 Å². The number of hydrogen-bond acceptors (Lipinski definition) is 6. The van der Waals surface area contributed by atoms with Gasteiger partial charge in [-0.15, -0.1) is 0 Å². The number of nitrogens with one attached hydrogen (secondary N) is 1. The smallest absolute Gasteiger partial charge is 0.281 e. The molecule has 2 aromatic heterocycles. The zero-order chi connectivity index (χ0) is 30.5. The molecule has 0 radical (unpaired) electrons. The van der Waals surface area contributed by atoms with Gasteiger partial charge < -0.3 is 20.0 Å². The number of hydrogen-bond donors (Lipinski definition) is 1. The number of carbonyl (C=O) groups excluding carboxylic acids is 2. The van der Waals surface area contributed by atoms with Crippen LogP contribution >= 0.6 is 11.6 Å². The first-order valence-electron chi connectivity index (χ1n) is 14.3. The van der Waals surface area contributed by atoms with Crippen LogP contribution in [0.15, 0.2) is 48.7 Å². The second kappa shape index (κ2) is 11.3. The van der Waals surface area contributed by atoms with E-state index in [1.807, 2.05) is 37.2 Å². The summed E-state index contributed by atoms with van der Waals surface area (Å²) in [5, 5.41) is 2.96. The van der Waals surface area contributed by atoms with Gasteiger partial charge in [0.1, 0.15) is 28.6 Å². The third kappa shape index (κ3) is 5.39. The molecule has 1 saturated carbocycles. The SMILES string of the molecule is CN(C)c1cccc(N2CC3(C2)C(=O)N(CC2CCC(NC(=O)c4cc(Cl)cnc4C(F)F)CC2)c2cc(F)ccc23)n1. The molecule has 1 spiro atoms. The van der Waals surface area contributed by atoms with Crippen molar-refractivity contribution in [1.82, 2.24) is 15.3 Å². The molecule has 1 saturated heterocycles. The zero-order valence-corrected chi connectivity index (χ0v) is 24.6. The van der Waals surface area contributed by atoms with Crippen molar-refractivity contribution < 1.29 is 22.8 Å². The third-order valence-corrected chi connectivity index (χ3v) is 9.01. The van der Waals surface area contributed by atoms with Gasteiger partial charge in [-0.25, -0.2) is 18.2 Å². The van der Waals surface area contributed by atoms with Gasteiger partial charge in [-0.3, -0.25) is 14.6 Å². The molecular weight excluding hydrogens is 581 g/mol. The van der Waals surface area contributed by atoms with Crippen molar-refractivity contribution in [2.24, 2.45) is 5.92 Å². The lowest BCUT2D eigenvalue weighted by molar-refractivity contribution is -0.124. The van der Waals surface area contributed by atoms with Crippen LogP contribution in [0.5, 0.6) is 0 Å². The maximum atomic E-state index is 14.4. The molecule has 0 bridgehead atoms. The third-order valence-electron chi connectivity index (χ3n) is 8.80. The number of carbonyl (C=O) groups is 2. The van der Waals surface area contributed by atoms with E-state index < -0.39 is 29.3 Å². The molecular formula is C31H32ClF3N6O2. The predicted octanol–water partition coefficient (Wildman–Crippen LogP) is 5.37. The van der Waals surface area contributed by atoms with Gasteiger partial charge in [-0.05, 0) is 67.5 Å². The van der Waals surface area contributed by atoms with Gasteiger partial charge >= 0.3 is 0 Å². The molecule has 1 aromatic carbocycles. The minimum absolute atomic E-state index is 0.0310. The zero-order valence-electron chi connectivity index (χ0n) is 23.9. The Hall–Kier alpha value is -3.86. The molecule has 2 fully saturated rings. The molecule has 8 nitrogen and oxygen atoms in total. The molecule has 0 unspecified atom stereocenters. The second-order valence-corrected chi connectivity index (χ2v) is 12.3. The largest absolute Gasteiger partial charge is 0.363 e. The number of aromatic nitrogens is 2. The van der Waals surface area contributed by atoms with Crippen molar-refractivity contribution in [1.29, 1.82) is 0 Å². The monoisotopic (exact) mass is 612 g/mol. The van der Waals surface area contributed by atoms with E-state index in [1.165, 1.54) is 18.2 Å². The minimum atomic E-state index is -2.90. The van der Waals surface area contributed by atoms with E-state index in [0.29, 0.717) is 38.2 Å². The van der Waals surface area contributed by atoms with E-state index in [-0.39, 0.29) is 28.5 Å². The summed E-state index contributed by atoms with van der Waals surface area (Å²) < 4.78 is 41.2.